The Labute approximate surface area is 92.1 Å². The van der Waals surface area contributed by atoms with Gasteiger partial charge in [-0.3, -0.25) is 9.59 Å². The minimum atomic E-state index is -1.05. The summed E-state index contributed by atoms with van der Waals surface area (Å²) in [7, 11) is 0. The van der Waals surface area contributed by atoms with Crippen molar-refractivity contribution in [2.45, 2.75) is 19.4 Å². The Morgan fingerprint density at radius 2 is 2.31 bits per heavy atom. The van der Waals surface area contributed by atoms with Crippen molar-refractivity contribution in [1.29, 1.82) is 0 Å². The number of amides is 1. The second-order valence-corrected chi connectivity index (χ2v) is 3.44. The highest BCUT2D eigenvalue weighted by Gasteiger charge is 2.17. The normalized spacial score (nSPS) is 11.9. The maximum absolute atomic E-state index is 13.0. The predicted octanol–water partition coefficient (Wildman–Crippen LogP) is 1.40. The summed E-state index contributed by atoms with van der Waals surface area (Å²) in [5.74, 6) is -1.51. The van der Waals surface area contributed by atoms with Gasteiger partial charge in [0.15, 0.2) is 0 Å². The summed E-state index contributed by atoms with van der Waals surface area (Å²) in [6, 6.07) is 3.37. The Bertz CT molecular complexity index is 406. The van der Waals surface area contributed by atoms with Gasteiger partial charge in [0.2, 0.25) is 6.41 Å². The molecule has 1 amide bonds. The molecule has 86 valence electrons. The number of benzene rings is 1. The highest BCUT2D eigenvalue weighted by Crippen LogP contribution is 2.21. The topological polar surface area (TPSA) is 66.4 Å². The lowest BCUT2D eigenvalue weighted by molar-refractivity contribution is -0.137. The molecule has 0 aromatic heterocycles. The number of halogens is 1. The summed E-state index contributed by atoms with van der Waals surface area (Å²) in [4.78, 5) is 21.0. The third kappa shape index (κ3) is 3.05. The monoisotopic (exact) mass is 225 g/mol. The van der Waals surface area contributed by atoms with E-state index >= 15 is 0 Å². The van der Waals surface area contributed by atoms with Gasteiger partial charge >= 0.3 is 5.97 Å². The number of carboxylic acid groups (broad SMARTS) is 1. The molecule has 0 saturated carbocycles. The van der Waals surface area contributed by atoms with Crippen molar-refractivity contribution < 1.29 is 19.1 Å². The van der Waals surface area contributed by atoms with Gasteiger partial charge in [0.1, 0.15) is 5.82 Å². The zero-order chi connectivity index (χ0) is 12.1. The molecule has 1 atom stereocenters. The molecule has 1 aromatic carbocycles. The Balaban J connectivity index is 3.03. The van der Waals surface area contributed by atoms with Gasteiger partial charge in [-0.05, 0) is 30.2 Å². The third-order valence-electron chi connectivity index (χ3n) is 2.26. The Morgan fingerprint density at radius 3 is 2.88 bits per heavy atom. The molecule has 2 N–H and O–H groups in total. The molecule has 0 spiro atoms. The van der Waals surface area contributed by atoms with E-state index < -0.39 is 17.8 Å². The number of carbonyl (C=O) groups excluding carboxylic acids is 1. The molecule has 0 aliphatic rings. The first-order valence-corrected chi connectivity index (χ1v) is 4.72. The fourth-order valence-corrected chi connectivity index (χ4v) is 1.50. The molecule has 0 heterocycles. The lowest BCUT2D eigenvalue weighted by atomic mass is 9.99. The van der Waals surface area contributed by atoms with Crippen LogP contribution in [0.4, 0.5) is 4.39 Å². The van der Waals surface area contributed by atoms with E-state index in [1.807, 2.05) is 0 Å². The van der Waals surface area contributed by atoms with E-state index in [4.69, 9.17) is 5.11 Å². The molecule has 1 aromatic rings. The number of hydrogen-bond acceptors (Lipinski definition) is 2. The van der Waals surface area contributed by atoms with E-state index in [0.29, 0.717) is 12.0 Å². The second kappa shape index (κ2) is 5.25. The first kappa shape index (κ1) is 12.2. The van der Waals surface area contributed by atoms with Crippen molar-refractivity contribution in [1.82, 2.24) is 5.32 Å². The Morgan fingerprint density at radius 1 is 1.62 bits per heavy atom. The maximum atomic E-state index is 13.0. The summed E-state index contributed by atoms with van der Waals surface area (Å²) in [6.07, 6.45) is 0.140. The van der Waals surface area contributed by atoms with E-state index in [1.165, 1.54) is 12.1 Å². The summed E-state index contributed by atoms with van der Waals surface area (Å²) in [6.45, 7) is 1.73. The second-order valence-electron chi connectivity index (χ2n) is 3.44. The average Bonchev–Trinajstić information content (AvgIpc) is 2.20. The van der Waals surface area contributed by atoms with Crippen LogP contribution in [0.1, 0.15) is 23.6 Å². The van der Waals surface area contributed by atoms with Gasteiger partial charge < -0.3 is 10.4 Å². The minimum absolute atomic E-state index is 0.275. The van der Waals surface area contributed by atoms with Crippen LogP contribution in [0.2, 0.25) is 0 Å². The van der Waals surface area contributed by atoms with Crippen LogP contribution in [0.25, 0.3) is 0 Å². The van der Waals surface area contributed by atoms with Crippen LogP contribution < -0.4 is 5.32 Å². The van der Waals surface area contributed by atoms with Crippen LogP contribution in [-0.2, 0) is 9.59 Å². The lowest BCUT2D eigenvalue weighted by Gasteiger charge is -2.16. The van der Waals surface area contributed by atoms with E-state index in [2.05, 4.69) is 5.32 Å². The number of hydrogen-bond donors (Lipinski definition) is 2. The molecule has 4 nitrogen and oxygen atoms in total. The molecular weight excluding hydrogens is 213 g/mol. The number of nitrogens with one attached hydrogen (secondary N) is 1. The summed E-state index contributed by atoms with van der Waals surface area (Å²) < 4.78 is 13.0. The number of carboxylic acids is 1. The molecule has 1 rings (SSSR count). The van der Waals surface area contributed by atoms with Crippen molar-refractivity contribution in [3.8, 4) is 0 Å². The molecule has 0 bridgehead atoms. The standard InChI is InChI=1S/C11H12FNO3/c1-7-2-3-8(12)4-9(7)10(13-6-14)5-11(15)16/h2-4,6,10H,5H2,1H3,(H,13,14)(H,15,16). The molecule has 0 aliphatic carbocycles. The number of aryl methyl sites for hydroxylation is 1. The van der Waals surface area contributed by atoms with Gasteiger partial charge in [-0.15, -0.1) is 0 Å². The molecule has 16 heavy (non-hydrogen) atoms. The summed E-state index contributed by atoms with van der Waals surface area (Å²) in [5.41, 5.74) is 1.22. The van der Waals surface area contributed by atoms with Gasteiger partial charge in [0.05, 0.1) is 12.5 Å². The van der Waals surface area contributed by atoms with E-state index in [1.54, 1.807) is 13.0 Å². The predicted molar refractivity (Wildman–Crippen MR) is 55.3 cm³/mol. The van der Waals surface area contributed by atoms with Crippen molar-refractivity contribution in [3.63, 3.8) is 0 Å². The van der Waals surface area contributed by atoms with Crippen LogP contribution in [0.3, 0.4) is 0 Å². The lowest BCUT2D eigenvalue weighted by Crippen LogP contribution is -2.23. The minimum Gasteiger partial charge on any atom is -0.481 e. The number of rotatable bonds is 5. The number of aliphatic carboxylic acids is 1. The molecular formula is C11H12FNO3. The van der Waals surface area contributed by atoms with Crippen LogP contribution in [0.5, 0.6) is 0 Å². The smallest absolute Gasteiger partial charge is 0.305 e. The first-order chi connectivity index (χ1) is 7.54. The molecule has 0 fully saturated rings. The molecule has 5 heteroatoms. The quantitative estimate of drug-likeness (QED) is 0.744. The highest BCUT2D eigenvalue weighted by atomic mass is 19.1. The Kier molecular flexibility index (Phi) is 3.99. The van der Waals surface area contributed by atoms with Crippen LogP contribution in [0, 0.1) is 12.7 Å². The van der Waals surface area contributed by atoms with Crippen molar-refractivity contribution in [2.24, 2.45) is 0 Å². The van der Waals surface area contributed by atoms with Crippen molar-refractivity contribution in [2.75, 3.05) is 0 Å². The fourth-order valence-electron chi connectivity index (χ4n) is 1.50. The molecule has 0 aliphatic heterocycles. The molecule has 0 radical (unpaired) electrons. The van der Waals surface area contributed by atoms with Gasteiger partial charge in [0, 0.05) is 0 Å². The van der Waals surface area contributed by atoms with E-state index in [9.17, 15) is 14.0 Å². The van der Waals surface area contributed by atoms with Gasteiger partial charge in [-0.1, -0.05) is 6.07 Å². The summed E-state index contributed by atoms with van der Waals surface area (Å²) in [5, 5.41) is 11.1. The molecule has 0 saturated heterocycles. The van der Waals surface area contributed by atoms with Gasteiger partial charge in [-0.25, -0.2) is 4.39 Å². The summed E-state index contributed by atoms with van der Waals surface area (Å²) >= 11 is 0. The van der Waals surface area contributed by atoms with Gasteiger partial charge in [-0.2, -0.15) is 0 Å². The van der Waals surface area contributed by atoms with E-state index in [0.717, 1.165) is 5.56 Å². The zero-order valence-electron chi connectivity index (χ0n) is 8.74. The largest absolute Gasteiger partial charge is 0.481 e. The molecule has 1 unspecified atom stereocenters. The van der Waals surface area contributed by atoms with E-state index in [-0.39, 0.29) is 6.42 Å². The maximum Gasteiger partial charge on any atom is 0.305 e. The first-order valence-electron chi connectivity index (χ1n) is 4.72. The van der Waals surface area contributed by atoms with Crippen LogP contribution in [-0.4, -0.2) is 17.5 Å². The fraction of sp³-hybridized carbons (Fsp3) is 0.273. The van der Waals surface area contributed by atoms with Crippen LogP contribution in [0.15, 0.2) is 18.2 Å². The zero-order valence-corrected chi connectivity index (χ0v) is 8.74. The third-order valence-corrected chi connectivity index (χ3v) is 2.26. The Hall–Kier alpha value is -1.91. The number of carbonyl (C=O) groups is 2. The average molecular weight is 225 g/mol. The van der Waals surface area contributed by atoms with Crippen LogP contribution >= 0.6 is 0 Å². The SMILES string of the molecule is Cc1ccc(F)cc1C(CC(=O)O)NC=O. The highest BCUT2D eigenvalue weighted by molar-refractivity contribution is 5.68. The van der Waals surface area contributed by atoms with Gasteiger partial charge in [0.25, 0.3) is 0 Å². The van der Waals surface area contributed by atoms with Crippen molar-refractivity contribution >= 4 is 12.4 Å². The van der Waals surface area contributed by atoms with Crippen molar-refractivity contribution in [3.05, 3.63) is 35.1 Å².